The first-order valence-corrected chi connectivity index (χ1v) is 29.3. The smallest absolute Gasteiger partial charge is 0.474 e. The van der Waals surface area contributed by atoms with Gasteiger partial charge in [-0.15, -0.1) is 18.1 Å². The Bertz CT molecular complexity index is 3380. The van der Waals surface area contributed by atoms with Gasteiger partial charge in [-0.1, -0.05) is 44.2 Å². The summed E-state index contributed by atoms with van der Waals surface area (Å²) < 4.78 is 73.0. The number of nitrogens with zero attached hydrogens (tertiary/aromatic N) is 6. The minimum Gasteiger partial charge on any atom is -0.474 e. The van der Waals surface area contributed by atoms with Gasteiger partial charge in [-0.05, 0) is 75.3 Å². The number of urea groups is 1. The lowest BCUT2D eigenvalue weighted by molar-refractivity contribution is -0.128. The summed E-state index contributed by atoms with van der Waals surface area (Å²) in [6.45, 7) is 7.50. The van der Waals surface area contributed by atoms with Crippen LogP contribution in [-0.2, 0) is 69.0 Å². The molecule has 2 aromatic carbocycles. The number of ether oxygens (including phenoxy) is 4. The van der Waals surface area contributed by atoms with Crippen molar-refractivity contribution in [2.75, 3.05) is 37.4 Å². The van der Waals surface area contributed by atoms with E-state index in [1.165, 1.54) is 35.1 Å². The summed E-state index contributed by atoms with van der Waals surface area (Å²) in [5.74, 6) is -3.65. The fourth-order valence-electron chi connectivity index (χ4n) is 9.31. The van der Waals surface area contributed by atoms with Crippen LogP contribution in [-0.4, -0.2) is 145 Å². The number of hydrogen-bond donors (Lipinski definition) is 7. The number of primary amides is 1. The summed E-state index contributed by atoms with van der Waals surface area (Å²) in [5, 5.41) is 13.0. The zero-order valence-electron chi connectivity index (χ0n) is 47.5. The number of rotatable bonds is 19. The van der Waals surface area contributed by atoms with Crippen LogP contribution in [0.2, 0.25) is 0 Å². The van der Waals surface area contributed by atoms with Crippen LogP contribution in [0.15, 0.2) is 78.2 Å². The number of carbonyl (C=O) groups excluding carboxylic acids is 7. The summed E-state index contributed by atoms with van der Waals surface area (Å²) in [6.07, 6.45) is -2.37. The molecule has 3 aromatic heterocycles. The van der Waals surface area contributed by atoms with Gasteiger partial charge in [0.1, 0.15) is 62.1 Å². The Hall–Kier alpha value is -8.44. The van der Waals surface area contributed by atoms with Crippen LogP contribution in [0.5, 0.6) is 5.88 Å². The van der Waals surface area contributed by atoms with E-state index in [-0.39, 0.29) is 74.2 Å². The molecule has 86 heavy (non-hydrogen) atoms. The molecule has 5 aromatic rings. The Morgan fingerprint density at radius 1 is 0.919 bits per heavy atom. The van der Waals surface area contributed by atoms with E-state index in [9.17, 15) is 47.5 Å². The lowest BCUT2D eigenvalue weighted by atomic mass is 10.0. The van der Waals surface area contributed by atoms with Crippen LogP contribution in [0.4, 0.5) is 26.0 Å². The standard InChI is InChI=1S/C53H63N13O18P2/c1-28(2)39(61-51(73)82-53(3,4)5)46(70)60-35(12-9-18-56-49(54)72)45(69)59-32-15-13-29(14-16-32)23-77-52(74)65(6)22-30-10-7-8-11-34(30)44(68)63-50-62-43-40(47(71)64-50)58-27-66(43)48-42-41(67)37(81-48)25-79-85(75)83-36-21-33(80-38-17-19-55-26-57-38)20-31(36)24-78-86(76)84-42/h7-8,10-11,13-17,19,26-28,31,33,35-37,39,42,48H,9,12,18,20-25H2,1-6H3,(H6-2,54,56,59,60,61,62,63,64,68,69,70,71,72,73)/p+2/t31-,33-,35+,36+,37-,39+,42-,48-/m1/s1. The maximum Gasteiger partial charge on any atom is 0.698 e. The molecule has 1 aliphatic carbocycles. The molecule has 3 fully saturated rings. The highest BCUT2D eigenvalue weighted by molar-refractivity contribution is 7.33. The monoisotopic (exact) mass is 1230 g/mol. The third kappa shape index (κ3) is 17.1. The van der Waals surface area contributed by atoms with E-state index >= 15 is 0 Å². The van der Waals surface area contributed by atoms with Gasteiger partial charge in [-0.3, -0.25) is 38.8 Å². The molecule has 2 unspecified atom stereocenters. The van der Waals surface area contributed by atoms with E-state index < -0.39 is 125 Å². The van der Waals surface area contributed by atoms with E-state index in [1.54, 1.807) is 83.1 Å². The predicted octanol–water partition coefficient (Wildman–Crippen LogP) is 4.81. The van der Waals surface area contributed by atoms with E-state index in [0.717, 1.165) is 6.33 Å². The number of benzene rings is 2. The van der Waals surface area contributed by atoms with Crippen molar-refractivity contribution in [3.05, 3.63) is 100 Å². The highest BCUT2D eigenvalue weighted by Gasteiger charge is 2.54. The van der Waals surface area contributed by atoms with Gasteiger partial charge in [0.15, 0.2) is 17.4 Å². The second kappa shape index (κ2) is 28.6. The molecule has 2 aliphatic heterocycles. The Kier molecular flexibility index (Phi) is 21.2. The molecule has 31 nitrogen and oxygen atoms in total. The number of H-pyrrole nitrogens is 1. The number of nitrogens with two attached hydrogens (primary N) is 1. The first-order valence-electron chi connectivity index (χ1n) is 27.1. The first-order chi connectivity index (χ1) is 41.0. The van der Waals surface area contributed by atoms with Crippen LogP contribution >= 0.6 is 16.5 Å². The Morgan fingerprint density at radius 2 is 1.66 bits per heavy atom. The molecule has 10 atom stereocenters. The SMILES string of the molecule is CC(C)[C@H](NC(=O)OC(C)(C)C)C(=O)N[C@@H](CCCNC(N)=O)C(=O)Nc1ccc(COC(=O)N(C)Cc2ccccc2C(=O)Nc2nc3c(ncn3[C@@H]3O[C@@H]4CO[P+](=O)O[C@H]5C[C@H](Oc6ccncn6)C[C@@H]5CO[P+](=O)O[C@@H]3C4=O)c(=O)[nH]2)cc1. The van der Waals surface area contributed by atoms with Crippen LogP contribution in [0, 0.1) is 11.8 Å². The second-order valence-electron chi connectivity index (χ2n) is 21.5. The summed E-state index contributed by atoms with van der Waals surface area (Å²) in [5.41, 5.74) is 4.47. The molecular weight excluding hydrogens is 1170 g/mol. The second-order valence-corrected chi connectivity index (χ2v) is 23.3. The Labute approximate surface area is 492 Å². The topological polar surface area (TPSA) is 406 Å². The number of ketones is 1. The van der Waals surface area contributed by atoms with Gasteiger partial charge in [0.2, 0.25) is 35.5 Å². The average Bonchev–Trinajstić information content (AvgIpc) is 2.08. The minimum atomic E-state index is -3.01. The summed E-state index contributed by atoms with van der Waals surface area (Å²) >= 11 is 0. The number of aromatic nitrogens is 6. The number of hydrogen-bond acceptors (Lipinski definition) is 22. The first kappa shape index (κ1) is 63.6. The van der Waals surface area contributed by atoms with Gasteiger partial charge in [0, 0.05) is 65.1 Å². The van der Waals surface area contributed by atoms with Crippen LogP contribution in [0.25, 0.3) is 11.2 Å². The highest BCUT2D eigenvalue weighted by Crippen LogP contribution is 2.44. The largest absolute Gasteiger partial charge is 0.698 e. The number of carbonyl (C=O) groups is 7. The maximum absolute atomic E-state index is 13.9. The van der Waals surface area contributed by atoms with Gasteiger partial charge in [0.05, 0.1) is 6.33 Å². The predicted molar refractivity (Wildman–Crippen MR) is 301 cm³/mol. The summed E-state index contributed by atoms with van der Waals surface area (Å²) in [6, 6.07) is 11.3. The lowest BCUT2D eigenvalue weighted by Crippen LogP contribution is -2.55. The molecule has 33 heteroatoms. The molecule has 0 spiro atoms. The zero-order valence-corrected chi connectivity index (χ0v) is 49.3. The van der Waals surface area contributed by atoms with Crippen LogP contribution in [0.3, 0.4) is 0 Å². The van der Waals surface area contributed by atoms with Gasteiger partial charge in [0.25, 0.3) is 11.5 Å². The van der Waals surface area contributed by atoms with E-state index in [4.69, 9.17) is 42.8 Å². The number of alkyl carbamates (subject to hydrolysis) is 1. The molecule has 5 heterocycles. The summed E-state index contributed by atoms with van der Waals surface area (Å²) in [4.78, 5) is 126. The third-order valence-electron chi connectivity index (χ3n) is 13.5. The zero-order chi connectivity index (χ0) is 61.8. The Balaban J connectivity index is 0.870. The highest BCUT2D eigenvalue weighted by atomic mass is 31.1. The fourth-order valence-corrected chi connectivity index (χ4v) is 10.9. The molecule has 1 saturated carbocycles. The van der Waals surface area contributed by atoms with Gasteiger partial charge >= 0.3 is 34.7 Å². The van der Waals surface area contributed by atoms with Crippen molar-refractivity contribution in [2.45, 2.75) is 122 Å². The normalized spacial score (nSPS) is 21.3. The van der Waals surface area contributed by atoms with Crippen molar-refractivity contribution in [1.82, 2.24) is 50.3 Å². The van der Waals surface area contributed by atoms with Gasteiger partial charge in [-0.2, -0.15) is 4.98 Å². The summed E-state index contributed by atoms with van der Waals surface area (Å²) in [7, 11) is -4.37. The quantitative estimate of drug-likeness (QED) is 0.0431. The van der Waals surface area contributed by atoms with E-state index in [0.29, 0.717) is 29.1 Å². The molecule has 8 rings (SSSR count). The van der Waals surface area contributed by atoms with Crippen molar-refractivity contribution >= 4 is 81.0 Å². The number of amides is 7. The number of fused-ring (bicyclic) bond motifs is 4. The maximum atomic E-state index is 13.9. The van der Waals surface area contributed by atoms with Gasteiger partial charge in [-0.25, -0.2) is 29.3 Å². The van der Waals surface area contributed by atoms with Gasteiger partial charge < -0.3 is 50.8 Å². The number of nitrogens with one attached hydrogen (secondary N) is 6. The molecule has 458 valence electrons. The van der Waals surface area contributed by atoms with Crippen molar-refractivity contribution in [3.63, 3.8) is 0 Å². The molecule has 2 bridgehead atoms. The number of anilines is 2. The minimum absolute atomic E-state index is 0.0837. The number of Topliss-reactive ketones (excluding diaryl/α,β-unsaturated/α-hetero) is 1. The molecule has 3 aliphatic rings. The number of aromatic amines is 1. The fraction of sp³-hybridized carbons (Fsp3) is 0.472. The molecule has 2 saturated heterocycles. The molecule has 8 N–H and O–H groups in total. The lowest BCUT2D eigenvalue weighted by Gasteiger charge is -2.27. The van der Waals surface area contributed by atoms with Crippen LogP contribution in [0.1, 0.15) is 88.0 Å². The van der Waals surface area contributed by atoms with Crippen LogP contribution < -0.4 is 42.6 Å². The van der Waals surface area contributed by atoms with Crippen molar-refractivity contribution in [3.8, 4) is 5.88 Å². The molecular formula is C53H65N13O18P2+2. The van der Waals surface area contributed by atoms with E-state index in [2.05, 4.69) is 51.5 Å². The van der Waals surface area contributed by atoms with Crippen molar-refractivity contribution < 1.29 is 79.7 Å². The molecule has 7 amide bonds. The molecule has 0 radical (unpaired) electrons. The third-order valence-corrected chi connectivity index (χ3v) is 15.0. The van der Waals surface area contributed by atoms with E-state index in [1.807, 2.05) is 0 Å². The Morgan fingerprint density at radius 3 is 2.38 bits per heavy atom. The van der Waals surface area contributed by atoms with Crippen molar-refractivity contribution in [2.24, 2.45) is 17.6 Å². The average molecular weight is 1230 g/mol. The number of imidazole rings is 1. The van der Waals surface area contributed by atoms with Crippen molar-refractivity contribution in [1.29, 1.82) is 0 Å².